The Hall–Kier alpha value is -0.220. The van der Waals surface area contributed by atoms with E-state index in [2.05, 4.69) is 42.3 Å². The van der Waals surface area contributed by atoms with Gasteiger partial charge in [0.05, 0.1) is 0 Å². The molecule has 0 aromatic carbocycles. The third-order valence-electron chi connectivity index (χ3n) is 5.04. The number of thioether (sulfide) groups is 1. The van der Waals surface area contributed by atoms with Crippen LogP contribution in [0.25, 0.3) is 0 Å². The van der Waals surface area contributed by atoms with E-state index in [1.54, 1.807) is 0 Å². The molecule has 21 heavy (non-hydrogen) atoms. The molecule has 3 nitrogen and oxygen atoms in total. The summed E-state index contributed by atoms with van der Waals surface area (Å²) in [7, 11) is 0. The molecule has 0 bridgehead atoms. The molecule has 0 aromatic rings. The van der Waals surface area contributed by atoms with E-state index < -0.39 is 0 Å². The Morgan fingerprint density at radius 2 is 1.95 bits per heavy atom. The molecule has 3 fully saturated rings. The van der Waals surface area contributed by atoms with E-state index in [0.717, 1.165) is 18.8 Å². The number of rotatable bonds is 4. The van der Waals surface area contributed by atoms with Gasteiger partial charge in [-0.15, -0.1) is 0 Å². The van der Waals surface area contributed by atoms with Crippen LogP contribution in [0, 0.1) is 5.92 Å². The summed E-state index contributed by atoms with van der Waals surface area (Å²) in [5.41, 5.74) is 0. The lowest BCUT2D eigenvalue weighted by atomic mass is 9.83. The molecule has 0 unspecified atom stereocenters. The molecule has 2 aliphatic heterocycles. The third-order valence-corrected chi connectivity index (χ3v) is 6.29. The van der Waals surface area contributed by atoms with Gasteiger partial charge >= 0.3 is 0 Å². The summed E-state index contributed by atoms with van der Waals surface area (Å²) in [5.74, 6) is 2.40. The maximum Gasteiger partial charge on any atom is 0.223 e. The molecule has 3 aliphatic rings. The molecule has 0 spiro atoms. The smallest absolute Gasteiger partial charge is 0.223 e. The number of hydrogen-bond donors (Lipinski definition) is 0. The van der Waals surface area contributed by atoms with Gasteiger partial charge in [-0.05, 0) is 31.6 Å². The highest BCUT2D eigenvalue weighted by Gasteiger charge is 2.45. The van der Waals surface area contributed by atoms with Crippen molar-refractivity contribution in [2.24, 2.45) is 5.92 Å². The summed E-state index contributed by atoms with van der Waals surface area (Å²) in [5, 5.41) is 0. The first-order valence-corrected chi connectivity index (χ1v) is 9.60. The molecule has 0 radical (unpaired) electrons. The number of piperidine rings is 2. The standard InChI is InChI=1S/C17H30N2OS/c1-17(2,3)21-11-10-18-9-8-15-13(12-18)4-7-16(20)19(15)14-5-6-14/h13-15H,4-12H2,1-3H3/t13-,15-/m0/s1. The number of carbonyl (C=O) groups excluding carboxylic acids is 1. The van der Waals surface area contributed by atoms with Crippen molar-refractivity contribution >= 4 is 17.7 Å². The van der Waals surface area contributed by atoms with Crippen LogP contribution in [0.15, 0.2) is 0 Å². The number of carbonyl (C=O) groups is 1. The fourth-order valence-corrected chi connectivity index (χ4v) is 4.84. The van der Waals surface area contributed by atoms with Crippen LogP contribution >= 0.6 is 11.8 Å². The minimum atomic E-state index is 0.373. The van der Waals surface area contributed by atoms with E-state index in [4.69, 9.17) is 0 Å². The lowest BCUT2D eigenvalue weighted by molar-refractivity contribution is -0.141. The average molecular weight is 311 g/mol. The predicted molar refractivity (Wildman–Crippen MR) is 89.6 cm³/mol. The van der Waals surface area contributed by atoms with Crippen LogP contribution in [0.4, 0.5) is 0 Å². The van der Waals surface area contributed by atoms with Crippen molar-refractivity contribution < 1.29 is 4.79 Å². The van der Waals surface area contributed by atoms with E-state index >= 15 is 0 Å². The van der Waals surface area contributed by atoms with E-state index in [1.165, 1.54) is 44.6 Å². The Kier molecular flexibility index (Phi) is 4.56. The second-order valence-corrected chi connectivity index (χ2v) is 9.87. The van der Waals surface area contributed by atoms with Crippen LogP contribution in [0.1, 0.15) is 52.9 Å². The molecule has 4 heteroatoms. The molecule has 120 valence electrons. The number of likely N-dealkylation sites (tertiary alicyclic amines) is 2. The average Bonchev–Trinajstić information content (AvgIpc) is 3.21. The monoisotopic (exact) mass is 310 g/mol. The van der Waals surface area contributed by atoms with Gasteiger partial charge in [0, 0.05) is 48.6 Å². The fourth-order valence-electron chi connectivity index (χ4n) is 3.88. The highest BCUT2D eigenvalue weighted by Crippen LogP contribution is 2.39. The SMILES string of the molecule is CC(C)(C)SCCN1CC[C@H]2[C@@H](CCC(=O)N2C2CC2)C1. The van der Waals surface area contributed by atoms with E-state index in [-0.39, 0.29) is 0 Å². The van der Waals surface area contributed by atoms with Crippen molar-refractivity contribution in [1.82, 2.24) is 9.80 Å². The molecule has 1 amide bonds. The number of fused-ring (bicyclic) bond motifs is 1. The van der Waals surface area contributed by atoms with Gasteiger partial charge in [-0.2, -0.15) is 11.8 Å². The fraction of sp³-hybridized carbons (Fsp3) is 0.941. The summed E-state index contributed by atoms with van der Waals surface area (Å²) in [6.07, 6.45) is 5.62. The molecular weight excluding hydrogens is 280 g/mol. The van der Waals surface area contributed by atoms with Gasteiger partial charge in [0.1, 0.15) is 0 Å². The van der Waals surface area contributed by atoms with Crippen LogP contribution in [0.5, 0.6) is 0 Å². The maximum atomic E-state index is 12.2. The quantitative estimate of drug-likeness (QED) is 0.797. The molecule has 0 aromatic heterocycles. The highest BCUT2D eigenvalue weighted by atomic mass is 32.2. The van der Waals surface area contributed by atoms with Gasteiger partial charge in [0.2, 0.25) is 5.91 Å². The molecule has 0 N–H and O–H groups in total. The molecule has 2 saturated heterocycles. The molecule has 2 heterocycles. The molecule has 1 saturated carbocycles. The Bertz CT molecular complexity index is 389. The second kappa shape index (κ2) is 6.11. The van der Waals surface area contributed by atoms with Crippen molar-refractivity contribution in [3.8, 4) is 0 Å². The summed E-state index contributed by atoms with van der Waals surface area (Å²) >= 11 is 2.07. The Morgan fingerprint density at radius 1 is 1.19 bits per heavy atom. The zero-order valence-electron chi connectivity index (χ0n) is 13.8. The molecular formula is C17H30N2OS. The van der Waals surface area contributed by atoms with Gasteiger partial charge in [-0.1, -0.05) is 20.8 Å². The van der Waals surface area contributed by atoms with Crippen molar-refractivity contribution in [1.29, 1.82) is 0 Å². The van der Waals surface area contributed by atoms with Crippen LogP contribution in [-0.2, 0) is 4.79 Å². The minimum Gasteiger partial charge on any atom is -0.336 e. The minimum absolute atomic E-state index is 0.373. The first-order chi connectivity index (χ1) is 9.94. The van der Waals surface area contributed by atoms with Crippen LogP contribution < -0.4 is 0 Å². The van der Waals surface area contributed by atoms with E-state index in [0.29, 0.717) is 22.7 Å². The molecule has 2 atom stereocenters. The number of nitrogens with zero attached hydrogens (tertiary/aromatic N) is 2. The van der Waals surface area contributed by atoms with Crippen LogP contribution in [-0.4, -0.2) is 57.9 Å². The largest absolute Gasteiger partial charge is 0.336 e. The number of hydrogen-bond acceptors (Lipinski definition) is 3. The van der Waals surface area contributed by atoms with E-state index in [9.17, 15) is 4.79 Å². The zero-order chi connectivity index (χ0) is 15.0. The number of amides is 1. The first-order valence-electron chi connectivity index (χ1n) is 8.61. The Morgan fingerprint density at radius 3 is 2.62 bits per heavy atom. The lowest BCUT2D eigenvalue weighted by Gasteiger charge is -2.47. The van der Waals surface area contributed by atoms with Gasteiger partial charge in [0.25, 0.3) is 0 Å². The highest BCUT2D eigenvalue weighted by molar-refractivity contribution is 8.00. The first kappa shape index (κ1) is 15.7. The van der Waals surface area contributed by atoms with Crippen molar-refractivity contribution in [3.05, 3.63) is 0 Å². The van der Waals surface area contributed by atoms with Gasteiger partial charge in [-0.25, -0.2) is 0 Å². The van der Waals surface area contributed by atoms with E-state index in [1.807, 2.05) is 0 Å². The second-order valence-electron chi connectivity index (χ2n) is 7.95. The third kappa shape index (κ3) is 3.95. The molecule has 1 aliphatic carbocycles. The molecule has 3 rings (SSSR count). The summed E-state index contributed by atoms with van der Waals surface area (Å²) in [4.78, 5) is 17.1. The normalized spacial score (nSPS) is 31.4. The zero-order valence-corrected chi connectivity index (χ0v) is 14.6. The van der Waals surface area contributed by atoms with Crippen LogP contribution in [0.3, 0.4) is 0 Å². The van der Waals surface area contributed by atoms with Gasteiger partial charge in [0.15, 0.2) is 0 Å². The predicted octanol–water partition coefficient (Wildman–Crippen LogP) is 2.99. The lowest BCUT2D eigenvalue weighted by Crippen LogP contribution is -2.56. The Labute approximate surface area is 133 Å². The van der Waals surface area contributed by atoms with Crippen molar-refractivity contribution in [2.45, 2.75) is 69.7 Å². The topological polar surface area (TPSA) is 23.6 Å². The van der Waals surface area contributed by atoms with Crippen molar-refractivity contribution in [2.75, 3.05) is 25.4 Å². The Balaban J connectivity index is 1.50. The van der Waals surface area contributed by atoms with Crippen molar-refractivity contribution in [3.63, 3.8) is 0 Å². The maximum absolute atomic E-state index is 12.2. The van der Waals surface area contributed by atoms with Gasteiger partial charge < -0.3 is 9.80 Å². The summed E-state index contributed by atoms with van der Waals surface area (Å²) in [6, 6.07) is 1.17. The summed E-state index contributed by atoms with van der Waals surface area (Å²) in [6.45, 7) is 10.5. The van der Waals surface area contributed by atoms with Crippen LogP contribution in [0.2, 0.25) is 0 Å². The summed E-state index contributed by atoms with van der Waals surface area (Å²) < 4.78 is 0.373. The van der Waals surface area contributed by atoms with Gasteiger partial charge in [-0.3, -0.25) is 4.79 Å².